The van der Waals surface area contributed by atoms with Crippen molar-refractivity contribution in [1.29, 1.82) is 0 Å². The molecule has 0 N–H and O–H groups in total. The fourth-order valence-electron chi connectivity index (χ4n) is 4.29. The monoisotopic (exact) mass is 519 g/mol. The lowest BCUT2D eigenvalue weighted by atomic mass is 10.1. The van der Waals surface area contributed by atoms with E-state index in [-0.39, 0.29) is 11.4 Å². The van der Waals surface area contributed by atoms with Crippen LogP contribution in [0.4, 0.5) is 0 Å². The molecule has 0 atom stereocenters. The van der Waals surface area contributed by atoms with E-state index in [1.54, 1.807) is 67.8 Å². The third-order valence-electron chi connectivity index (χ3n) is 6.23. The van der Waals surface area contributed by atoms with Gasteiger partial charge in [0, 0.05) is 5.56 Å². The summed E-state index contributed by atoms with van der Waals surface area (Å²) in [5.41, 5.74) is 1.96. The number of furan rings is 2. The molecule has 192 valence electrons. The van der Waals surface area contributed by atoms with Crippen molar-refractivity contribution in [2.75, 3.05) is 14.2 Å². The standard InChI is InChI=1S/C30H21N3O6/c1-36-25-8-5-9-26-22(25)16-27(39-26)28-32-23-7-4-3-6-21(23)29(34)33(28)31-17-20-14-15-24(38-20)18-10-12-19(13-11-18)30(35)37-2/h3-17H,1-2H3. The van der Waals surface area contributed by atoms with Crippen LogP contribution in [0.25, 0.3) is 44.8 Å². The summed E-state index contributed by atoms with van der Waals surface area (Å²) < 4.78 is 23.4. The van der Waals surface area contributed by atoms with Crippen molar-refractivity contribution >= 4 is 34.1 Å². The van der Waals surface area contributed by atoms with Gasteiger partial charge in [-0.25, -0.2) is 9.78 Å². The predicted molar refractivity (Wildman–Crippen MR) is 146 cm³/mol. The molecule has 3 aromatic heterocycles. The Hall–Kier alpha value is -5.44. The van der Waals surface area contributed by atoms with E-state index >= 15 is 0 Å². The summed E-state index contributed by atoms with van der Waals surface area (Å²) in [5.74, 6) is 1.81. The molecule has 0 bridgehead atoms. The van der Waals surface area contributed by atoms with Gasteiger partial charge in [0.25, 0.3) is 5.56 Å². The minimum Gasteiger partial charge on any atom is -0.496 e. The van der Waals surface area contributed by atoms with E-state index < -0.39 is 5.97 Å². The van der Waals surface area contributed by atoms with Gasteiger partial charge in [-0.2, -0.15) is 9.78 Å². The Balaban J connectivity index is 1.41. The van der Waals surface area contributed by atoms with Gasteiger partial charge in [-0.3, -0.25) is 4.79 Å². The zero-order chi connectivity index (χ0) is 26.9. The number of carbonyl (C=O) groups excluding carboxylic acids is 1. The lowest BCUT2D eigenvalue weighted by Crippen LogP contribution is -2.20. The van der Waals surface area contributed by atoms with E-state index in [2.05, 4.69) is 5.10 Å². The quantitative estimate of drug-likeness (QED) is 0.204. The van der Waals surface area contributed by atoms with Gasteiger partial charge in [0.05, 0.1) is 42.3 Å². The summed E-state index contributed by atoms with van der Waals surface area (Å²) in [4.78, 5) is 29.9. The van der Waals surface area contributed by atoms with Crippen LogP contribution in [0.3, 0.4) is 0 Å². The fraction of sp³-hybridized carbons (Fsp3) is 0.0667. The summed E-state index contributed by atoms with van der Waals surface area (Å²) >= 11 is 0. The van der Waals surface area contributed by atoms with E-state index in [1.165, 1.54) is 18.0 Å². The summed E-state index contributed by atoms with van der Waals surface area (Å²) in [6.45, 7) is 0. The molecule has 0 radical (unpaired) electrons. The van der Waals surface area contributed by atoms with Crippen LogP contribution in [-0.2, 0) is 4.74 Å². The van der Waals surface area contributed by atoms with E-state index in [4.69, 9.17) is 23.3 Å². The molecule has 0 fully saturated rings. The van der Waals surface area contributed by atoms with Gasteiger partial charge >= 0.3 is 5.97 Å². The zero-order valence-electron chi connectivity index (χ0n) is 21.0. The highest BCUT2D eigenvalue weighted by atomic mass is 16.5. The Labute approximate surface area is 221 Å². The number of benzene rings is 3. The third kappa shape index (κ3) is 4.36. The molecule has 0 amide bonds. The fourth-order valence-corrected chi connectivity index (χ4v) is 4.29. The number of esters is 1. The van der Waals surface area contributed by atoms with Crippen molar-refractivity contribution in [3.05, 3.63) is 107 Å². The maximum Gasteiger partial charge on any atom is 0.337 e. The average molecular weight is 520 g/mol. The lowest BCUT2D eigenvalue weighted by Gasteiger charge is -2.06. The Morgan fingerprint density at radius 2 is 1.72 bits per heavy atom. The molecule has 9 heteroatoms. The number of methoxy groups -OCH3 is 2. The molecule has 6 rings (SSSR count). The SMILES string of the molecule is COC(=O)c1ccc(-c2ccc(C=Nn3c(-c4cc5c(OC)cccc5o4)nc4ccccc4c3=O)o2)cc1. The number of hydrogen-bond donors (Lipinski definition) is 0. The molecule has 0 saturated heterocycles. The Kier molecular flexibility index (Phi) is 6.01. The van der Waals surface area contributed by atoms with Gasteiger partial charge in [0.15, 0.2) is 5.76 Å². The number of rotatable bonds is 6. The van der Waals surface area contributed by atoms with Crippen molar-refractivity contribution in [2.45, 2.75) is 0 Å². The minimum absolute atomic E-state index is 0.235. The molecule has 0 unspecified atom stereocenters. The average Bonchev–Trinajstić information content (AvgIpc) is 3.64. The van der Waals surface area contributed by atoms with Crippen LogP contribution in [-0.4, -0.2) is 36.1 Å². The molecular formula is C30H21N3O6. The number of hydrogen-bond acceptors (Lipinski definition) is 8. The molecule has 9 nitrogen and oxygen atoms in total. The lowest BCUT2D eigenvalue weighted by molar-refractivity contribution is 0.0600. The molecule has 0 spiro atoms. The van der Waals surface area contributed by atoms with E-state index in [0.717, 1.165) is 10.9 Å². The summed E-state index contributed by atoms with van der Waals surface area (Å²) in [5, 5.41) is 5.61. The van der Waals surface area contributed by atoms with Gasteiger partial charge < -0.3 is 18.3 Å². The first kappa shape index (κ1) is 23.9. The number of aromatic nitrogens is 2. The van der Waals surface area contributed by atoms with Crippen LogP contribution in [0.5, 0.6) is 5.75 Å². The van der Waals surface area contributed by atoms with E-state index in [9.17, 15) is 9.59 Å². The Morgan fingerprint density at radius 1 is 0.897 bits per heavy atom. The van der Waals surface area contributed by atoms with Crippen LogP contribution >= 0.6 is 0 Å². The van der Waals surface area contributed by atoms with Crippen molar-refractivity contribution < 1.29 is 23.1 Å². The van der Waals surface area contributed by atoms with Crippen molar-refractivity contribution in [2.24, 2.45) is 5.10 Å². The molecule has 0 aliphatic heterocycles. The second kappa shape index (κ2) is 9.79. The van der Waals surface area contributed by atoms with Crippen LogP contribution in [0.15, 0.2) is 104 Å². The maximum absolute atomic E-state index is 13.5. The van der Waals surface area contributed by atoms with Crippen molar-refractivity contribution in [3.8, 4) is 28.7 Å². The van der Waals surface area contributed by atoms with Gasteiger partial charge in [-0.15, -0.1) is 0 Å². The molecule has 6 aromatic rings. The normalized spacial score (nSPS) is 11.4. The van der Waals surface area contributed by atoms with Crippen LogP contribution in [0.1, 0.15) is 16.1 Å². The first-order valence-corrected chi connectivity index (χ1v) is 12.0. The molecule has 0 saturated carbocycles. The molecule has 39 heavy (non-hydrogen) atoms. The number of para-hydroxylation sites is 1. The van der Waals surface area contributed by atoms with Crippen LogP contribution < -0.4 is 10.3 Å². The highest BCUT2D eigenvalue weighted by Gasteiger charge is 2.18. The largest absolute Gasteiger partial charge is 0.496 e. The molecule has 0 aliphatic rings. The first-order valence-electron chi connectivity index (χ1n) is 12.0. The molecule has 0 aliphatic carbocycles. The number of fused-ring (bicyclic) bond motifs is 2. The van der Waals surface area contributed by atoms with Gasteiger partial charge in [0.2, 0.25) is 5.82 Å². The first-order chi connectivity index (χ1) is 19.1. The van der Waals surface area contributed by atoms with Gasteiger partial charge in [0.1, 0.15) is 22.9 Å². The topological polar surface area (TPSA) is 109 Å². The minimum atomic E-state index is -0.415. The predicted octanol–water partition coefficient (Wildman–Crippen LogP) is 5.75. The highest BCUT2D eigenvalue weighted by Crippen LogP contribution is 2.33. The summed E-state index contributed by atoms with van der Waals surface area (Å²) in [7, 11) is 2.92. The third-order valence-corrected chi connectivity index (χ3v) is 6.23. The maximum atomic E-state index is 13.5. The second-order valence-corrected chi connectivity index (χ2v) is 8.57. The Morgan fingerprint density at radius 3 is 2.51 bits per heavy atom. The van der Waals surface area contributed by atoms with Crippen LogP contribution in [0.2, 0.25) is 0 Å². The highest BCUT2D eigenvalue weighted by molar-refractivity contribution is 5.90. The van der Waals surface area contributed by atoms with Crippen molar-refractivity contribution in [1.82, 2.24) is 9.66 Å². The second-order valence-electron chi connectivity index (χ2n) is 8.57. The van der Waals surface area contributed by atoms with Crippen LogP contribution in [0, 0.1) is 0 Å². The van der Waals surface area contributed by atoms with E-state index in [0.29, 0.717) is 45.1 Å². The Bertz CT molecular complexity index is 1930. The van der Waals surface area contributed by atoms with E-state index in [1.807, 2.05) is 24.3 Å². The molecular weight excluding hydrogens is 498 g/mol. The molecule has 3 heterocycles. The smallest absolute Gasteiger partial charge is 0.337 e. The van der Waals surface area contributed by atoms with Crippen molar-refractivity contribution in [3.63, 3.8) is 0 Å². The van der Waals surface area contributed by atoms with Gasteiger partial charge in [-0.05, 0) is 54.6 Å². The number of nitrogens with zero attached hydrogens (tertiary/aromatic N) is 3. The molecule has 3 aromatic carbocycles. The number of ether oxygens (including phenoxy) is 2. The summed E-state index contributed by atoms with van der Waals surface area (Å²) in [6.07, 6.45) is 1.44. The van der Waals surface area contributed by atoms with Gasteiger partial charge in [-0.1, -0.05) is 30.3 Å². The summed E-state index contributed by atoms with van der Waals surface area (Å²) in [6, 6.07) is 24.7. The number of carbonyl (C=O) groups is 1. The zero-order valence-corrected chi connectivity index (χ0v) is 21.0.